The fourth-order valence-corrected chi connectivity index (χ4v) is 1.73. The molecule has 0 fully saturated rings. The van der Waals surface area contributed by atoms with Gasteiger partial charge in [0.05, 0.1) is 6.54 Å². The highest BCUT2D eigenvalue weighted by Crippen LogP contribution is 2.17. The number of imide groups is 1. The number of hydrogen-bond acceptors (Lipinski definition) is 4. The lowest BCUT2D eigenvalue weighted by molar-refractivity contribution is 0.0254. The molecule has 0 unspecified atom stereocenters. The average molecular weight is 326 g/mol. The van der Waals surface area contributed by atoms with Crippen molar-refractivity contribution in [2.75, 3.05) is 7.05 Å². The Labute approximate surface area is 133 Å². The number of carboxylic acid groups (broad SMARTS) is 1. The van der Waals surface area contributed by atoms with Crippen molar-refractivity contribution < 1.29 is 28.6 Å². The Kier molecular flexibility index (Phi) is 5.67. The van der Waals surface area contributed by atoms with Gasteiger partial charge in [-0.05, 0) is 38.5 Å². The number of ether oxygens (including phenoxy) is 1. The van der Waals surface area contributed by atoms with Crippen molar-refractivity contribution in [1.82, 2.24) is 10.2 Å². The molecule has 0 heterocycles. The Hall–Kier alpha value is -2.64. The van der Waals surface area contributed by atoms with Crippen LogP contribution in [0.15, 0.2) is 18.2 Å². The first-order chi connectivity index (χ1) is 10.5. The summed E-state index contributed by atoms with van der Waals surface area (Å²) < 4.78 is 18.3. The second kappa shape index (κ2) is 7.08. The maximum Gasteiger partial charge on any atom is 0.420 e. The molecule has 0 saturated heterocycles. The van der Waals surface area contributed by atoms with Crippen LogP contribution in [0.3, 0.4) is 0 Å². The summed E-state index contributed by atoms with van der Waals surface area (Å²) >= 11 is 0. The molecule has 23 heavy (non-hydrogen) atoms. The van der Waals surface area contributed by atoms with E-state index >= 15 is 0 Å². The fraction of sp³-hybridized carbons (Fsp3) is 0.400. The first-order valence-corrected chi connectivity index (χ1v) is 6.79. The van der Waals surface area contributed by atoms with E-state index in [0.29, 0.717) is 4.90 Å². The van der Waals surface area contributed by atoms with Crippen molar-refractivity contribution in [3.63, 3.8) is 0 Å². The predicted molar refractivity (Wildman–Crippen MR) is 79.6 cm³/mol. The van der Waals surface area contributed by atoms with Crippen LogP contribution in [0, 0.1) is 5.82 Å². The predicted octanol–water partition coefficient (Wildman–Crippen LogP) is 2.60. The molecule has 0 bridgehead atoms. The van der Waals surface area contributed by atoms with E-state index in [2.05, 4.69) is 5.32 Å². The van der Waals surface area contributed by atoms with E-state index in [1.54, 1.807) is 20.8 Å². The van der Waals surface area contributed by atoms with Crippen molar-refractivity contribution in [2.45, 2.75) is 32.9 Å². The number of amides is 3. The normalized spacial score (nSPS) is 10.8. The fourth-order valence-electron chi connectivity index (χ4n) is 1.73. The molecule has 0 saturated carbocycles. The van der Waals surface area contributed by atoms with Crippen LogP contribution in [0.4, 0.5) is 14.0 Å². The Morgan fingerprint density at radius 2 is 1.91 bits per heavy atom. The van der Waals surface area contributed by atoms with Gasteiger partial charge in [0.1, 0.15) is 11.4 Å². The molecule has 1 aromatic carbocycles. The van der Waals surface area contributed by atoms with Gasteiger partial charge in [-0.1, -0.05) is 6.07 Å². The molecule has 0 aliphatic rings. The van der Waals surface area contributed by atoms with Crippen molar-refractivity contribution in [2.24, 2.45) is 0 Å². The molecule has 1 aromatic rings. The molecule has 1 rings (SSSR count). The Balaban J connectivity index is 3.13. The van der Waals surface area contributed by atoms with Crippen molar-refractivity contribution in [1.29, 1.82) is 0 Å². The summed E-state index contributed by atoms with van der Waals surface area (Å²) in [5.74, 6) is -1.24. The van der Waals surface area contributed by atoms with Gasteiger partial charge in [-0.3, -0.25) is 4.79 Å². The van der Waals surface area contributed by atoms with Gasteiger partial charge < -0.3 is 15.2 Å². The van der Waals surface area contributed by atoms with Gasteiger partial charge in [-0.15, -0.1) is 0 Å². The highest BCUT2D eigenvalue weighted by Gasteiger charge is 2.28. The zero-order valence-corrected chi connectivity index (χ0v) is 13.3. The van der Waals surface area contributed by atoms with E-state index < -0.39 is 36.1 Å². The monoisotopic (exact) mass is 326 g/mol. The topological polar surface area (TPSA) is 95.9 Å². The quantitative estimate of drug-likeness (QED) is 0.890. The standard InChI is InChI=1S/C15H19FN2O5/c1-15(2,3)23-14(22)18(13(20)21)8-9-5-6-10(16)7-11(9)12(19)17-4/h5-7H,8H2,1-4H3,(H,17,19)(H,20,21). The van der Waals surface area contributed by atoms with E-state index in [0.717, 1.165) is 12.1 Å². The number of carbonyl (C=O) groups excluding carboxylic acids is 2. The van der Waals surface area contributed by atoms with E-state index in [4.69, 9.17) is 4.74 Å². The number of rotatable bonds is 3. The minimum Gasteiger partial charge on any atom is -0.465 e. The number of carbonyl (C=O) groups is 3. The maximum absolute atomic E-state index is 13.3. The highest BCUT2D eigenvalue weighted by atomic mass is 19.1. The van der Waals surface area contributed by atoms with Gasteiger partial charge in [-0.2, -0.15) is 0 Å². The van der Waals surface area contributed by atoms with Crippen LogP contribution in [-0.4, -0.2) is 40.7 Å². The lowest BCUT2D eigenvalue weighted by Gasteiger charge is -2.24. The highest BCUT2D eigenvalue weighted by molar-refractivity contribution is 5.96. The van der Waals surface area contributed by atoms with E-state index in [1.807, 2.05) is 0 Å². The van der Waals surface area contributed by atoms with Gasteiger partial charge in [0.25, 0.3) is 5.91 Å². The second-order valence-electron chi connectivity index (χ2n) is 5.73. The summed E-state index contributed by atoms with van der Waals surface area (Å²) in [5, 5.41) is 11.5. The minimum absolute atomic E-state index is 0.0534. The second-order valence-corrected chi connectivity index (χ2v) is 5.73. The molecule has 0 aromatic heterocycles. The number of hydrogen-bond donors (Lipinski definition) is 2. The number of nitrogens with one attached hydrogen (secondary N) is 1. The molecule has 0 radical (unpaired) electrons. The number of benzene rings is 1. The van der Waals surface area contributed by atoms with Crippen LogP contribution >= 0.6 is 0 Å². The van der Waals surface area contributed by atoms with Crippen molar-refractivity contribution in [3.8, 4) is 0 Å². The van der Waals surface area contributed by atoms with E-state index in [9.17, 15) is 23.9 Å². The molecule has 7 nitrogen and oxygen atoms in total. The summed E-state index contributed by atoms with van der Waals surface area (Å²) in [6, 6.07) is 3.31. The van der Waals surface area contributed by atoms with Crippen LogP contribution in [0.5, 0.6) is 0 Å². The smallest absolute Gasteiger partial charge is 0.420 e. The molecular weight excluding hydrogens is 307 g/mol. The number of nitrogens with zero attached hydrogens (tertiary/aromatic N) is 1. The zero-order chi connectivity index (χ0) is 17.8. The number of halogens is 1. The van der Waals surface area contributed by atoms with Gasteiger partial charge >= 0.3 is 12.2 Å². The Morgan fingerprint density at radius 1 is 1.30 bits per heavy atom. The summed E-state index contributed by atoms with van der Waals surface area (Å²) in [5.41, 5.74) is -0.752. The molecule has 2 N–H and O–H groups in total. The largest absolute Gasteiger partial charge is 0.465 e. The van der Waals surface area contributed by atoms with E-state index in [-0.39, 0.29) is 11.1 Å². The molecule has 126 valence electrons. The molecule has 0 atom stereocenters. The van der Waals surface area contributed by atoms with Gasteiger partial charge in [0, 0.05) is 12.6 Å². The maximum atomic E-state index is 13.3. The lowest BCUT2D eigenvalue weighted by Crippen LogP contribution is -2.40. The molecule has 8 heteroatoms. The average Bonchev–Trinajstić information content (AvgIpc) is 2.42. The molecule has 0 aliphatic heterocycles. The van der Waals surface area contributed by atoms with Crippen molar-refractivity contribution >= 4 is 18.1 Å². The van der Waals surface area contributed by atoms with E-state index in [1.165, 1.54) is 13.1 Å². The first-order valence-electron chi connectivity index (χ1n) is 6.79. The van der Waals surface area contributed by atoms with Crippen LogP contribution < -0.4 is 5.32 Å². The SMILES string of the molecule is CNC(=O)c1cc(F)ccc1CN(C(=O)O)C(=O)OC(C)(C)C. The molecular formula is C15H19FN2O5. The lowest BCUT2D eigenvalue weighted by atomic mass is 10.1. The summed E-state index contributed by atoms with van der Waals surface area (Å²) in [6.45, 7) is 4.35. The summed E-state index contributed by atoms with van der Waals surface area (Å²) in [4.78, 5) is 35.5. The van der Waals surface area contributed by atoms with Gasteiger partial charge in [0.2, 0.25) is 0 Å². The van der Waals surface area contributed by atoms with Gasteiger partial charge in [-0.25, -0.2) is 18.9 Å². The third kappa shape index (κ3) is 5.24. The Bertz CT molecular complexity index is 625. The zero-order valence-electron chi connectivity index (χ0n) is 13.3. The Morgan fingerprint density at radius 3 is 2.39 bits per heavy atom. The molecule has 3 amide bonds. The third-order valence-electron chi connectivity index (χ3n) is 2.72. The van der Waals surface area contributed by atoms with Gasteiger partial charge in [0.15, 0.2) is 0 Å². The van der Waals surface area contributed by atoms with Crippen molar-refractivity contribution in [3.05, 3.63) is 35.1 Å². The summed E-state index contributed by atoms with van der Waals surface area (Å²) in [7, 11) is 1.36. The summed E-state index contributed by atoms with van der Waals surface area (Å²) in [6.07, 6.45) is -2.61. The molecule has 0 spiro atoms. The van der Waals surface area contributed by atoms with Crippen LogP contribution in [0.25, 0.3) is 0 Å². The van der Waals surface area contributed by atoms with Crippen LogP contribution in [-0.2, 0) is 11.3 Å². The minimum atomic E-state index is -1.54. The first kappa shape index (κ1) is 18.4. The van der Waals surface area contributed by atoms with Crippen LogP contribution in [0.2, 0.25) is 0 Å². The molecule has 0 aliphatic carbocycles. The van der Waals surface area contributed by atoms with Crippen LogP contribution in [0.1, 0.15) is 36.7 Å². The third-order valence-corrected chi connectivity index (χ3v) is 2.72.